The van der Waals surface area contributed by atoms with Gasteiger partial charge in [0.2, 0.25) is 0 Å². The van der Waals surface area contributed by atoms with E-state index in [2.05, 4.69) is 54.9 Å². The number of anilines is 1. The predicted molar refractivity (Wildman–Crippen MR) is 66.9 cm³/mol. The minimum Gasteiger partial charge on any atom is -0.347 e. The second-order valence-electron chi connectivity index (χ2n) is 3.91. The van der Waals surface area contributed by atoms with Crippen molar-refractivity contribution in [1.29, 1.82) is 0 Å². The number of fused-ring (bicyclic) bond motifs is 1. The second kappa shape index (κ2) is 4.35. The lowest BCUT2D eigenvalue weighted by molar-refractivity contribution is 0.781. The monoisotopic (exact) mass is 199 g/mol. The molecule has 1 aliphatic heterocycles. The van der Waals surface area contributed by atoms with Gasteiger partial charge < -0.3 is 4.90 Å². The molecule has 0 amide bonds. The highest BCUT2D eigenvalue weighted by Gasteiger charge is 2.13. The maximum atomic E-state index is 4.06. The zero-order valence-corrected chi connectivity index (χ0v) is 9.24. The van der Waals surface area contributed by atoms with E-state index in [4.69, 9.17) is 0 Å². The number of hydrogen-bond acceptors (Lipinski definition) is 1. The molecule has 15 heavy (non-hydrogen) atoms. The zero-order chi connectivity index (χ0) is 10.7. The smallest absolute Gasteiger partial charge is 0.0485 e. The number of rotatable bonds is 3. The van der Waals surface area contributed by atoms with Gasteiger partial charge in [-0.1, -0.05) is 38.1 Å². The largest absolute Gasteiger partial charge is 0.347 e. The molecule has 1 aromatic carbocycles. The highest BCUT2D eigenvalue weighted by Crippen LogP contribution is 2.31. The van der Waals surface area contributed by atoms with Gasteiger partial charge in [-0.05, 0) is 24.1 Å². The van der Waals surface area contributed by atoms with Gasteiger partial charge in [-0.2, -0.15) is 0 Å². The van der Waals surface area contributed by atoms with E-state index in [1.165, 1.54) is 24.1 Å². The van der Waals surface area contributed by atoms with Gasteiger partial charge in [0.15, 0.2) is 0 Å². The summed E-state index contributed by atoms with van der Waals surface area (Å²) in [5, 5.41) is 0. The van der Waals surface area contributed by atoms with Gasteiger partial charge in [0.25, 0.3) is 0 Å². The Morgan fingerprint density at radius 2 is 2.07 bits per heavy atom. The topological polar surface area (TPSA) is 3.24 Å². The Kier molecular flexibility index (Phi) is 2.91. The van der Waals surface area contributed by atoms with E-state index < -0.39 is 0 Å². The van der Waals surface area contributed by atoms with Crippen molar-refractivity contribution in [3.8, 4) is 0 Å². The first-order valence-corrected chi connectivity index (χ1v) is 5.56. The summed E-state index contributed by atoms with van der Waals surface area (Å²) in [6.45, 7) is 7.37. The summed E-state index contributed by atoms with van der Waals surface area (Å²) in [7, 11) is 0. The summed E-state index contributed by atoms with van der Waals surface area (Å²) in [5.74, 6) is 0. The van der Waals surface area contributed by atoms with Gasteiger partial charge in [0, 0.05) is 24.0 Å². The lowest BCUT2D eigenvalue weighted by Gasteiger charge is -2.27. The summed E-state index contributed by atoms with van der Waals surface area (Å²) in [6.07, 6.45) is 6.69. The molecule has 78 valence electrons. The summed E-state index contributed by atoms with van der Waals surface area (Å²) < 4.78 is 0. The second-order valence-corrected chi connectivity index (χ2v) is 3.91. The Morgan fingerprint density at radius 1 is 1.27 bits per heavy atom. The van der Waals surface area contributed by atoms with E-state index >= 15 is 0 Å². The summed E-state index contributed by atoms with van der Waals surface area (Å²) in [5.41, 5.74) is 3.66. The third-order valence-corrected chi connectivity index (χ3v) is 2.77. The lowest BCUT2D eigenvalue weighted by atomic mass is 10.0. The van der Waals surface area contributed by atoms with Crippen LogP contribution in [0.1, 0.15) is 25.3 Å². The van der Waals surface area contributed by atoms with Crippen molar-refractivity contribution in [3.63, 3.8) is 0 Å². The SMILES string of the molecule is C=C1C=CN(CCCC)c2ccccc21. The van der Waals surface area contributed by atoms with E-state index in [-0.39, 0.29) is 0 Å². The molecule has 0 spiro atoms. The molecule has 0 saturated heterocycles. The van der Waals surface area contributed by atoms with E-state index in [0.717, 1.165) is 12.1 Å². The fourth-order valence-electron chi connectivity index (χ4n) is 1.87. The first-order valence-electron chi connectivity index (χ1n) is 5.56. The van der Waals surface area contributed by atoms with Crippen molar-refractivity contribution < 1.29 is 0 Å². The van der Waals surface area contributed by atoms with Gasteiger partial charge in [-0.15, -0.1) is 0 Å². The van der Waals surface area contributed by atoms with Gasteiger partial charge in [0.1, 0.15) is 0 Å². The summed E-state index contributed by atoms with van der Waals surface area (Å²) >= 11 is 0. The van der Waals surface area contributed by atoms with E-state index in [1.54, 1.807) is 0 Å². The molecule has 0 atom stereocenters. The number of hydrogen-bond donors (Lipinski definition) is 0. The van der Waals surface area contributed by atoms with E-state index in [1.807, 2.05) is 0 Å². The fraction of sp³-hybridized carbons (Fsp3) is 0.286. The molecule has 0 saturated carbocycles. The van der Waals surface area contributed by atoms with Crippen LogP contribution in [0.2, 0.25) is 0 Å². The predicted octanol–water partition coefficient (Wildman–Crippen LogP) is 3.83. The van der Waals surface area contributed by atoms with Crippen LogP contribution in [0.3, 0.4) is 0 Å². The average molecular weight is 199 g/mol. The first-order chi connectivity index (χ1) is 7.33. The van der Waals surface area contributed by atoms with Crippen molar-refractivity contribution in [1.82, 2.24) is 0 Å². The average Bonchev–Trinajstić information content (AvgIpc) is 2.29. The fourth-order valence-corrected chi connectivity index (χ4v) is 1.87. The van der Waals surface area contributed by atoms with E-state index in [0.29, 0.717) is 0 Å². The molecule has 0 unspecified atom stereocenters. The Bertz CT molecular complexity index is 390. The van der Waals surface area contributed by atoms with Gasteiger partial charge in [0.05, 0.1) is 0 Å². The standard InChI is InChI=1S/C14H17N/c1-3-4-10-15-11-9-12(2)13-7-5-6-8-14(13)15/h5-9,11H,2-4,10H2,1H3. The highest BCUT2D eigenvalue weighted by atomic mass is 15.1. The molecule has 1 aliphatic rings. The van der Waals surface area contributed by atoms with Crippen LogP contribution in [-0.2, 0) is 0 Å². The minimum atomic E-state index is 1.09. The third-order valence-electron chi connectivity index (χ3n) is 2.77. The van der Waals surface area contributed by atoms with Crippen LogP contribution in [0.25, 0.3) is 5.57 Å². The Morgan fingerprint density at radius 3 is 2.87 bits per heavy atom. The number of unbranched alkanes of at least 4 members (excludes halogenated alkanes) is 1. The van der Waals surface area contributed by atoms with Crippen molar-refractivity contribution in [2.24, 2.45) is 0 Å². The molecule has 0 fully saturated rings. The zero-order valence-electron chi connectivity index (χ0n) is 9.24. The van der Waals surface area contributed by atoms with E-state index in [9.17, 15) is 0 Å². The number of allylic oxidation sites excluding steroid dienone is 2. The van der Waals surface area contributed by atoms with Crippen LogP contribution in [0.4, 0.5) is 5.69 Å². The lowest BCUT2D eigenvalue weighted by Crippen LogP contribution is -2.20. The molecule has 1 heteroatoms. The molecule has 0 aliphatic carbocycles. The van der Waals surface area contributed by atoms with Crippen molar-refractivity contribution in [3.05, 3.63) is 48.7 Å². The minimum absolute atomic E-state index is 1.09. The molecule has 1 aromatic rings. The number of para-hydroxylation sites is 1. The van der Waals surface area contributed by atoms with Crippen LogP contribution < -0.4 is 4.90 Å². The van der Waals surface area contributed by atoms with Crippen molar-refractivity contribution >= 4 is 11.3 Å². The van der Waals surface area contributed by atoms with Gasteiger partial charge >= 0.3 is 0 Å². The number of benzene rings is 1. The molecule has 2 rings (SSSR count). The third kappa shape index (κ3) is 1.96. The molecule has 0 radical (unpaired) electrons. The van der Waals surface area contributed by atoms with Gasteiger partial charge in [-0.3, -0.25) is 0 Å². The van der Waals surface area contributed by atoms with Crippen LogP contribution in [-0.4, -0.2) is 6.54 Å². The van der Waals surface area contributed by atoms with Crippen LogP contribution in [0.15, 0.2) is 43.1 Å². The Labute approximate surface area is 91.7 Å². The maximum absolute atomic E-state index is 4.06. The van der Waals surface area contributed by atoms with Crippen molar-refractivity contribution in [2.75, 3.05) is 11.4 Å². The molecule has 0 N–H and O–H groups in total. The van der Waals surface area contributed by atoms with Crippen LogP contribution >= 0.6 is 0 Å². The molecule has 0 bridgehead atoms. The quantitative estimate of drug-likeness (QED) is 0.715. The molecule has 1 nitrogen and oxygen atoms in total. The number of nitrogens with zero attached hydrogens (tertiary/aromatic N) is 1. The first kappa shape index (κ1) is 10.0. The molecule has 1 heterocycles. The molecular formula is C14H17N. The van der Waals surface area contributed by atoms with Gasteiger partial charge in [-0.25, -0.2) is 0 Å². The Balaban J connectivity index is 2.29. The van der Waals surface area contributed by atoms with Crippen LogP contribution in [0, 0.1) is 0 Å². The summed E-state index contributed by atoms with van der Waals surface area (Å²) in [4.78, 5) is 2.31. The van der Waals surface area contributed by atoms with Crippen LogP contribution in [0.5, 0.6) is 0 Å². The van der Waals surface area contributed by atoms with Crippen molar-refractivity contribution in [2.45, 2.75) is 19.8 Å². The maximum Gasteiger partial charge on any atom is 0.0485 e. The molecular weight excluding hydrogens is 182 g/mol. The highest BCUT2D eigenvalue weighted by molar-refractivity contribution is 5.84. The Hall–Kier alpha value is -1.50. The molecule has 0 aromatic heterocycles. The normalized spacial score (nSPS) is 14.2. The summed E-state index contributed by atoms with van der Waals surface area (Å²) in [6, 6.07) is 8.46.